The smallest absolute Gasteiger partial charge is 0.445 e. The second-order valence-corrected chi connectivity index (χ2v) is 3.76. The fourth-order valence-corrected chi connectivity index (χ4v) is 1.56. The van der Waals surface area contributed by atoms with Crippen molar-refractivity contribution >= 4 is 25.1 Å². The number of hydrogen-bond acceptors (Lipinski definition) is 1. The summed E-state index contributed by atoms with van der Waals surface area (Å²) in [6, 6.07) is 2.15. The van der Waals surface area contributed by atoms with E-state index in [1.165, 1.54) is 0 Å². The summed E-state index contributed by atoms with van der Waals surface area (Å²) in [7, 11) is 0. The molecule has 0 saturated carbocycles. The average Bonchev–Trinajstić information content (AvgIpc) is 2.11. The normalized spacial score (nSPS) is 10.5. The third-order valence-corrected chi connectivity index (χ3v) is 2.65. The van der Waals surface area contributed by atoms with Gasteiger partial charge in [0.2, 0.25) is 0 Å². The number of hydrogen-bond donors (Lipinski definition) is 1. The molecule has 0 spiro atoms. The molecule has 80 valence electrons. The third kappa shape index (κ3) is 4.13. The molecule has 0 amide bonds. The van der Waals surface area contributed by atoms with Gasteiger partial charge in [0.1, 0.15) is 0 Å². The SMILES string of the molecule is C#CCc1cc([B-](F)(F)F)cc(S)c1C.[K+]. The zero-order valence-electron chi connectivity index (χ0n) is 9.10. The van der Waals surface area contributed by atoms with Gasteiger partial charge in [-0.25, -0.2) is 0 Å². The van der Waals surface area contributed by atoms with Crippen LogP contribution in [-0.2, 0) is 6.42 Å². The molecule has 0 radical (unpaired) electrons. The molecule has 0 bridgehead atoms. The van der Waals surface area contributed by atoms with Crippen molar-refractivity contribution in [3.05, 3.63) is 23.3 Å². The predicted octanol–water partition coefficient (Wildman–Crippen LogP) is -0.482. The van der Waals surface area contributed by atoms with Crippen molar-refractivity contribution in [1.82, 2.24) is 0 Å². The van der Waals surface area contributed by atoms with E-state index >= 15 is 0 Å². The monoisotopic (exact) mass is 268 g/mol. The fraction of sp³-hybridized carbons (Fsp3) is 0.200. The minimum absolute atomic E-state index is 0. The molecule has 0 aliphatic heterocycles. The first-order valence-corrected chi connectivity index (χ1v) is 4.76. The van der Waals surface area contributed by atoms with E-state index in [-0.39, 0.29) is 57.8 Å². The molecule has 6 heteroatoms. The Hall–Kier alpha value is 0.621. The van der Waals surface area contributed by atoms with Crippen LogP contribution in [0.15, 0.2) is 17.0 Å². The molecule has 0 unspecified atom stereocenters. The molecule has 0 saturated heterocycles. The van der Waals surface area contributed by atoms with Crippen LogP contribution >= 0.6 is 12.6 Å². The van der Waals surface area contributed by atoms with Crippen LogP contribution in [0.5, 0.6) is 0 Å². The number of rotatable bonds is 2. The van der Waals surface area contributed by atoms with Crippen molar-refractivity contribution in [1.29, 1.82) is 0 Å². The Kier molecular flexibility index (Phi) is 6.78. The van der Waals surface area contributed by atoms with Gasteiger partial charge in [-0.3, -0.25) is 0 Å². The van der Waals surface area contributed by atoms with E-state index in [1.807, 2.05) is 0 Å². The van der Waals surface area contributed by atoms with Crippen molar-refractivity contribution < 1.29 is 64.3 Å². The van der Waals surface area contributed by atoms with Crippen LogP contribution in [0.4, 0.5) is 12.9 Å². The van der Waals surface area contributed by atoms with Gasteiger partial charge in [-0.1, -0.05) is 12.1 Å². The fourth-order valence-electron chi connectivity index (χ4n) is 1.26. The van der Waals surface area contributed by atoms with Gasteiger partial charge in [-0.05, 0) is 18.1 Å². The van der Waals surface area contributed by atoms with Gasteiger partial charge in [0.15, 0.2) is 0 Å². The van der Waals surface area contributed by atoms with Crippen LogP contribution in [0, 0.1) is 19.3 Å². The van der Waals surface area contributed by atoms with E-state index in [9.17, 15) is 12.9 Å². The van der Waals surface area contributed by atoms with E-state index in [1.54, 1.807) is 6.92 Å². The van der Waals surface area contributed by atoms with Crippen LogP contribution in [0.1, 0.15) is 11.1 Å². The van der Waals surface area contributed by atoms with Gasteiger partial charge >= 0.3 is 58.4 Å². The molecule has 0 fully saturated rings. The summed E-state index contributed by atoms with van der Waals surface area (Å²) in [6.07, 6.45) is 5.28. The molecular weight excluding hydrogens is 259 g/mol. The largest absolute Gasteiger partial charge is 1.00 e. The summed E-state index contributed by atoms with van der Waals surface area (Å²) in [5.74, 6) is 2.34. The minimum Gasteiger partial charge on any atom is -0.445 e. The first-order valence-electron chi connectivity index (χ1n) is 4.32. The Morgan fingerprint density at radius 2 is 1.94 bits per heavy atom. The van der Waals surface area contributed by atoms with Gasteiger partial charge in [-0.15, -0.1) is 30.4 Å². The van der Waals surface area contributed by atoms with Crippen molar-refractivity contribution in [2.24, 2.45) is 0 Å². The quantitative estimate of drug-likeness (QED) is 0.418. The molecule has 1 rings (SSSR count). The first kappa shape index (κ1) is 16.6. The van der Waals surface area contributed by atoms with Crippen molar-refractivity contribution in [2.45, 2.75) is 18.2 Å². The van der Waals surface area contributed by atoms with Crippen molar-refractivity contribution in [2.75, 3.05) is 0 Å². The van der Waals surface area contributed by atoms with Gasteiger partial charge in [0.25, 0.3) is 0 Å². The first-order chi connectivity index (χ1) is 6.86. The predicted molar refractivity (Wildman–Crippen MR) is 59.7 cm³/mol. The third-order valence-electron chi connectivity index (χ3n) is 2.18. The molecule has 0 N–H and O–H groups in total. The standard InChI is InChI=1S/C10H9BF3S.K/c1-3-4-8-5-9(11(12,13)14)6-10(15)7(8)2;/h1,5-6,15H,4H2,2H3;/q-1;+1. The summed E-state index contributed by atoms with van der Waals surface area (Å²) < 4.78 is 37.5. The number of terminal acetylenes is 1. The van der Waals surface area contributed by atoms with E-state index in [4.69, 9.17) is 6.42 Å². The van der Waals surface area contributed by atoms with Crippen molar-refractivity contribution in [3.8, 4) is 12.3 Å². The summed E-state index contributed by atoms with van der Waals surface area (Å²) in [6.45, 7) is -3.28. The van der Waals surface area contributed by atoms with Crippen LogP contribution in [0.2, 0.25) is 0 Å². The molecule has 1 aromatic carbocycles. The molecule has 1 aromatic rings. The molecular formula is C10H9BF3KS. The molecule has 0 aliphatic carbocycles. The Balaban J connectivity index is 0.00000225. The summed E-state index contributed by atoms with van der Waals surface area (Å²) >= 11 is 4.00. The Morgan fingerprint density at radius 3 is 2.38 bits per heavy atom. The van der Waals surface area contributed by atoms with Crippen LogP contribution < -0.4 is 56.8 Å². The molecule has 0 atom stereocenters. The van der Waals surface area contributed by atoms with Crippen molar-refractivity contribution in [3.63, 3.8) is 0 Å². The molecule has 0 aliphatic rings. The van der Waals surface area contributed by atoms with E-state index in [0.717, 1.165) is 12.1 Å². The summed E-state index contributed by atoms with van der Waals surface area (Å²) in [5, 5.41) is 0. The average molecular weight is 268 g/mol. The molecule has 0 aromatic heterocycles. The second-order valence-electron chi connectivity index (χ2n) is 3.28. The molecule has 0 nitrogen and oxygen atoms in total. The summed E-state index contributed by atoms with van der Waals surface area (Å²) in [5.41, 5.74) is 0.579. The number of benzene rings is 1. The second kappa shape index (κ2) is 6.53. The number of thiol groups is 1. The minimum atomic E-state index is -4.99. The maximum absolute atomic E-state index is 12.5. The van der Waals surface area contributed by atoms with Crippen LogP contribution in [-0.4, -0.2) is 6.98 Å². The van der Waals surface area contributed by atoms with Crippen LogP contribution in [0.3, 0.4) is 0 Å². The maximum Gasteiger partial charge on any atom is 1.00 e. The van der Waals surface area contributed by atoms with E-state index < -0.39 is 12.4 Å². The Labute approximate surface area is 141 Å². The zero-order valence-corrected chi connectivity index (χ0v) is 13.1. The van der Waals surface area contributed by atoms with Gasteiger partial charge in [-0.2, -0.15) is 0 Å². The summed E-state index contributed by atoms with van der Waals surface area (Å²) in [4.78, 5) is 0.331. The molecule has 0 heterocycles. The number of halogens is 3. The van der Waals surface area contributed by atoms with Gasteiger partial charge < -0.3 is 12.9 Å². The zero-order chi connectivity index (χ0) is 11.6. The molecule has 16 heavy (non-hydrogen) atoms. The Bertz CT molecular complexity index is 423. The van der Waals surface area contributed by atoms with Gasteiger partial charge in [0, 0.05) is 11.3 Å². The maximum atomic E-state index is 12.5. The van der Waals surface area contributed by atoms with E-state index in [2.05, 4.69) is 18.5 Å². The topological polar surface area (TPSA) is 0 Å². The van der Waals surface area contributed by atoms with E-state index in [0.29, 0.717) is 16.0 Å². The Morgan fingerprint density at radius 1 is 1.38 bits per heavy atom. The van der Waals surface area contributed by atoms with Crippen LogP contribution in [0.25, 0.3) is 0 Å². The van der Waals surface area contributed by atoms with Gasteiger partial charge in [0.05, 0.1) is 0 Å².